The Kier molecular flexibility index (Phi) is 5.27. The minimum absolute atomic E-state index is 0.280. The maximum atomic E-state index is 9.37. The van der Waals surface area contributed by atoms with Gasteiger partial charge in [-0.3, -0.25) is 4.98 Å². The summed E-state index contributed by atoms with van der Waals surface area (Å²) >= 11 is 0. The van der Waals surface area contributed by atoms with Crippen LogP contribution in [0.5, 0.6) is 5.75 Å². The number of unbranched alkanes of at least 4 members (excludes halogenated alkanes) is 2. The highest BCUT2D eigenvalue weighted by Crippen LogP contribution is 2.24. The van der Waals surface area contributed by atoms with Crippen LogP contribution in [-0.2, 0) is 6.42 Å². The summed E-state index contributed by atoms with van der Waals surface area (Å²) in [6, 6.07) is 20.0. The van der Waals surface area contributed by atoms with Gasteiger partial charge in [0.25, 0.3) is 0 Å². The van der Waals surface area contributed by atoms with E-state index in [4.69, 9.17) is 0 Å². The van der Waals surface area contributed by atoms with Gasteiger partial charge >= 0.3 is 0 Å². The maximum Gasteiger partial charge on any atom is 0.115 e. The van der Waals surface area contributed by atoms with Crippen LogP contribution in [-0.4, -0.2) is 10.1 Å². The molecule has 3 aromatic rings. The summed E-state index contributed by atoms with van der Waals surface area (Å²) in [6.45, 7) is 2.23. The van der Waals surface area contributed by atoms with E-state index in [1.54, 1.807) is 12.1 Å². The lowest BCUT2D eigenvalue weighted by molar-refractivity contribution is 0.475. The number of benzene rings is 2. The second-order valence-electron chi connectivity index (χ2n) is 6.13. The molecule has 3 rings (SSSR count). The molecule has 1 aromatic heterocycles. The molecule has 0 radical (unpaired) electrons. The Morgan fingerprint density at radius 3 is 2.04 bits per heavy atom. The Morgan fingerprint density at radius 1 is 0.750 bits per heavy atom. The molecule has 0 amide bonds. The molecule has 0 bridgehead atoms. The summed E-state index contributed by atoms with van der Waals surface area (Å²) in [7, 11) is 0. The summed E-state index contributed by atoms with van der Waals surface area (Å²) in [4.78, 5) is 4.59. The van der Waals surface area contributed by atoms with Gasteiger partial charge < -0.3 is 5.11 Å². The third-order valence-electron chi connectivity index (χ3n) is 4.28. The summed E-state index contributed by atoms with van der Waals surface area (Å²) in [5, 5.41) is 9.37. The first-order valence-electron chi connectivity index (χ1n) is 8.61. The third-order valence-corrected chi connectivity index (χ3v) is 4.28. The second-order valence-corrected chi connectivity index (χ2v) is 6.13. The molecule has 2 aromatic carbocycles. The first-order valence-corrected chi connectivity index (χ1v) is 8.61. The number of hydrogen-bond acceptors (Lipinski definition) is 2. The lowest BCUT2D eigenvalue weighted by Gasteiger charge is -2.06. The topological polar surface area (TPSA) is 33.1 Å². The van der Waals surface area contributed by atoms with E-state index in [9.17, 15) is 5.11 Å². The van der Waals surface area contributed by atoms with E-state index in [1.165, 1.54) is 24.8 Å². The lowest BCUT2D eigenvalue weighted by atomic mass is 10.0. The van der Waals surface area contributed by atoms with Crippen LogP contribution >= 0.6 is 0 Å². The number of hydrogen-bond donors (Lipinski definition) is 1. The molecule has 1 heterocycles. The van der Waals surface area contributed by atoms with Crippen LogP contribution in [0, 0.1) is 0 Å². The number of aryl methyl sites for hydroxylation is 1. The van der Waals surface area contributed by atoms with E-state index in [0.717, 1.165) is 28.8 Å². The molecule has 122 valence electrons. The van der Waals surface area contributed by atoms with Crippen molar-refractivity contribution in [1.29, 1.82) is 0 Å². The molecule has 0 fully saturated rings. The summed E-state index contributed by atoms with van der Waals surface area (Å²) in [5.41, 5.74) is 5.63. The van der Waals surface area contributed by atoms with Gasteiger partial charge in [-0.1, -0.05) is 62.2 Å². The molecule has 0 aliphatic heterocycles. The molecule has 0 atom stereocenters. The van der Waals surface area contributed by atoms with Gasteiger partial charge in [-0.15, -0.1) is 0 Å². The summed E-state index contributed by atoms with van der Waals surface area (Å²) in [6.07, 6.45) is 6.85. The fourth-order valence-electron chi connectivity index (χ4n) is 2.81. The number of aromatic nitrogens is 1. The number of pyridine rings is 1. The minimum atomic E-state index is 0.280. The van der Waals surface area contributed by atoms with Crippen LogP contribution in [0.2, 0.25) is 0 Å². The zero-order valence-corrected chi connectivity index (χ0v) is 14.1. The first kappa shape index (κ1) is 16.3. The van der Waals surface area contributed by atoms with Crippen LogP contribution in [0.1, 0.15) is 31.7 Å². The normalized spacial score (nSPS) is 10.7. The molecule has 2 nitrogen and oxygen atoms in total. The molecule has 0 aliphatic carbocycles. The molecular weight excluding hydrogens is 294 g/mol. The first-order chi connectivity index (χ1) is 11.8. The molecule has 0 saturated heterocycles. The Labute approximate surface area is 143 Å². The quantitative estimate of drug-likeness (QED) is 0.578. The van der Waals surface area contributed by atoms with Gasteiger partial charge in [0.1, 0.15) is 5.75 Å². The SMILES string of the molecule is CCCCCc1ccc(-c2ccc(-c3ccc(O)cc3)cn2)cc1. The van der Waals surface area contributed by atoms with Gasteiger partial charge in [0.05, 0.1) is 5.69 Å². The van der Waals surface area contributed by atoms with Crippen molar-refractivity contribution in [3.8, 4) is 28.1 Å². The van der Waals surface area contributed by atoms with Crippen molar-refractivity contribution in [2.75, 3.05) is 0 Å². The van der Waals surface area contributed by atoms with E-state index in [1.807, 2.05) is 24.4 Å². The maximum absolute atomic E-state index is 9.37. The molecule has 24 heavy (non-hydrogen) atoms. The fourth-order valence-corrected chi connectivity index (χ4v) is 2.81. The van der Waals surface area contributed by atoms with E-state index >= 15 is 0 Å². The molecule has 0 unspecified atom stereocenters. The van der Waals surface area contributed by atoms with Crippen LogP contribution in [0.4, 0.5) is 0 Å². The highest BCUT2D eigenvalue weighted by molar-refractivity contribution is 5.67. The standard InChI is InChI=1S/C22H23NO/c1-2-3-4-5-17-6-8-19(9-7-17)22-15-12-20(16-23-22)18-10-13-21(24)14-11-18/h6-16,24H,2-5H2,1H3. The van der Waals surface area contributed by atoms with Crippen molar-refractivity contribution in [1.82, 2.24) is 4.98 Å². The van der Waals surface area contributed by atoms with Crippen molar-refractivity contribution >= 4 is 0 Å². The van der Waals surface area contributed by atoms with E-state index in [0.29, 0.717) is 0 Å². The van der Waals surface area contributed by atoms with Gasteiger partial charge in [-0.05, 0) is 42.2 Å². The van der Waals surface area contributed by atoms with Crippen LogP contribution in [0.15, 0.2) is 66.9 Å². The van der Waals surface area contributed by atoms with E-state index in [2.05, 4.69) is 42.2 Å². The highest BCUT2D eigenvalue weighted by Gasteiger charge is 2.02. The number of nitrogens with zero attached hydrogens (tertiary/aromatic N) is 1. The van der Waals surface area contributed by atoms with Crippen molar-refractivity contribution < 1.29 is 5.11 Å². The average molecular weight is 317 g/mol. The van der Waals surface area contributed by atoms with Gasteiger partial charge in [0, 0.05) is 17.3 Å². The van der Waals surface area contributed by atoms with Crippen molar-refractivity contribution in [2.24, 2.45) is 0 Å². The number of phenols is 1. The van der Waals surface area contributed by atoms with Crippen molar-refractivity contribution in [3.63, 3.8) is 0 Å². The van der Waals surface area contributed by atoms with Gasteiger partial charge in [-0.25, -0.2) is 0 Å². The van der Waals surface area contributed by atoms with E-state index in [-0.39, 0.29) is 5.75 Å². The Bertz CT molecular complexity index is 759. The van der Waals surface area contributed by atoms with Crippen LogP contribution in [0.3, 0.4) is 0 Å². The molecule has 0 aliphatic rings. The zero-order valence-electron chi connectivity index (χ0n) is 14.1. The number of phenolic OH excluding ortho intramolecular Hbond substituents is 1. The van der Waals surface area contributed by atoms with Gasteiger partial charge in [0.15, 0.2) is 0 Å². The highest BCUT2D eigenvalue weighted by atomic mass is 16.3. The minimum Gasteiger partial charge on any atom is -0.508 e. The molecule has 0 saturated carbocycles. The van der Waals surface area contributed by atoms with Crippen molar-refractivity contribution in [3.05, 3.63) is 72.4 Å². The van der Waals surface area contributed by atoms with E-state index < -0.39 is 0 Å². The third kappa shape index (κ3) is 4.02. The van der Waals surface area contributed by atoms with Crippen LogP contribution in [0.25, 0.3) is 22.4 Å². The molecule has 0 spiro atoms. The molecule has 1 N–H and O–H groups in total. The second kappa shape index (κ2) is 7.78. The fraction of sp³-hybridized carbons (Fsp3) is 0.227. The Hall–Kier alpha value is -2.61. The Morgan fingerprint density at radius 2 is 1.42 bits per heavy atom. The Balaban J connectivity index is 1.72. The predicted octanol–water partition coefficient (Wildman–Crippen LogP) is 5.85. The van der Waals surface area contributed by atoms with Gasteiger partial charge in [-0.2, -0.15) is 0 Å². The van der Waals surface area contributed by atoms with Gasteiger partial charge in [0.2, 0.25) is 0 Å². The monoisotopic (exact) mass is 317 g/mol. The predicted molar refractivity (Wildman–Crippen MR) is 100 cm³/mol. The zero-order chi connectivity index (χ0) is 16.8. The molecular formula is C22H23NO. The number of aromatic hydroxyl groups is 1. The van der Waals surface area contributed by atoms with Crippen molar-refractivity contribution in [2.45, 2.75) is 32.6 Å². The number of rotatable bonds is 6. The largest absolute Gasteiger partial charge is 0.508 e. The summed E-state index contributed by atoms with van der Waals surface area (Å²) in [5.74, 6) is 0.280. The van der Waals surface area contributed by atoms with Crippen LogP contribution < -0.4 is 0 Å². The average Bonchev–Trinajstić information content (AvgIpc) is 2.63. The summed E-state index contributed by atoms with van der Waals surface area (Å²) < 4.78 is 0. The molecule has 2 heteroatoms. The lowest BCUT2D eigenvalue weighted by Crippen LogP contribution is -1.88. The smallest absolute Gasteiger partial charge is 0.115 e.